The fourth-order valence-corrected chi connectivity index (χ4v) is 1.69. The van der Waals surface area contributed by atoms with Crippen LogP contribution in [0.1, 0.15) is 12.5 Å². The molecule has 6 heteroatoms. The summed E-state index contributed by atoms with van der Waals surface area (Å²) in [4.78, 5) is 22.4. The van der Waals surface area contributed by atoms with Crippen molar-refractivity contribution in [3.8, 4) is 17.2 Å². The third-order valence-electron chi connectivity index (χ3n) is 2.45. The van der Waals surface area contributed by atoms with Crippen molar-refractivity contribution in [1.29, 1.82) is 0 Å². The summed E-state index contributed by atoms with van der Waals surface area (Å²) in [6, 6.07) is 1.72. The summed E-state index contributed by atoms with van der Waals surface area (Å²) in [5, 5.41) is 21.0. The Hall–Kier alpha value is -2.24. The van der Waals surface area contributed by atoms with Gasteiger partial charge in [-0.15, -0.1) is 0 Å². The van der Waals surface area contributed by atoms with Gasteiger partial charge in [-0.3, -0.25) is 4.79 Å². The summed E-state index contributed by atoms with van der Waals surface area (Å²) < 4.78 is 4.96. The molecule has 2 rings (SSSR count). The predicted octanol–water partition coefficient (Wildman–Crippen LogP) is 0.0640. The lowest BCUT2D eigenvalue weighted by Gasteiger charge is -2.23. The lowest BCUT2D eigenvalue weighted by molar-refractivity contribution is -0.140. The molecule has 1 amide bonds. The Kier molecular flexibility index (Phi) is 2.63. The van der Waals surface area contributed by atoms with Crippen LogP contribution in [0.4, 0.5) is 0 Å². The first-order chi connectivity index (χ1) is 7.97. The maximum atomic E-state index is 11.5. The molecule has 90 valence electrons. The zero-order chi connectivity index (χ0) is 12.6. The van der Waals surface area contributed by atoms with Crippen molar-refractivity contribution in [3.63, 3.8) is 0 Å². The Morgan fingerprint density at radius 1 is 1.41 bits per heavy atom. The molecule has 0 aliphatic carbocycles. The molecular formula is C11H11NO5. The van der Waals surface area contributed by atoms with Crippen molar-refractivity contribution in [2.75, 3.05) is 0 Å². The monoisotopic (exact) mass is 237 g/mol. The molecule has 0 saturated heterocycles. The summed E-state index contributed by atoms with van der Waals surface area (Å²) in [7, 11) is 0. The van der Waals surface area contributed by atoms with Crippen LogP contribution in [-0.2, 0) is 16.0 Å². The Morgan fingerprint density at radius 2 is 2.06 bits per heavy atom. The van der Waals surface area contributed by atoms with Gasteiger partial charge in [-0.05, 0) is 6.07 Å². The summed E-state index contributed by atoms with van der Waals surface area (Å²) >= 11 is 0. The third-order valence-corrected chi connectivity index (χ3v) is 2.45. The molecule has 6 nitrogen and oxygen atoms in total. The quantitative estimate of drug-likeness (QED) is 0.365. The van der Waals surface area contributed by atoms with Crippen LogP contribution in [0.25, 0.3) is 0 Å². The van der Waals surface area contributed by atoms with Gasteiger partial charge in [-0.1, -0.05) is 0 Å². The Labute approximate surface area is 96.8 Å². The van der Waals surface area contributed by atoms with Gasteiger partial charge in [-0.25, -0.2) is 4.79 Å². The van der Waals surface area contributed by atoms with E-state index in [9.17, 15) is 19.8 Å². The molecule has 1 aromatic carbocycles. The van der Waals surface area contributed by atoms with Gasteiger partial charge in [0.2, 0.25) is 5.91 Å². The third kappa shape index (κ3) is 2.15. The number of carbonyl (C=O) groups is 2. The number of hydrogen-bond donors (Lipinski definition) is 3. The van der Waals surface area contributed by atoms with E-state index in [2.05, 4.69) is 5.32 Å². The number of phenols is 2. The lowest BCUT2D eigenvalue weighted by atomic mass is 10.0. The van der Waals surface area contributed by atoms with Gasteiger partial charge in [0.25, 0.3) is 0 Å². The number of benzene rings is 1. The molecule has 1 aliphatic heterocycles. The average molecular weight is 237 g/mol. The molecule has 1 atom stereocenters. The van der Waals surface area contributed by atoms with Crippen molar-refractivity contribution in [2.45, 2.75) is 19.4 Å². The maximum absolute atomic E-state index is 11.5. The summed E-state index contributed by atoms with van der Waals surface area (Å²) in [6.45, 7) is 1.30. The maximum Gasteiger partial charge on any atom is 0.334 e. The highest BCUT2D eigenvalue weighted by molar-refractivity contribution is 5.86. The Morgan fingerprint density at radius 3 is 2.71 bits per heavy atom. The van der Waals surface area contributed by atoms with Gasteiger partial charge in [-0.2, -0.15) is 0 Å². The van der Waals surface area contributed by atoms with Crippen LogP contribution in [0.2, 0.25) is 0 Å². The van der Waals surface area contributed by atoms with Crippen LogP contribution in [0.5, 0.6) is 17.2 Å². The minimum absolute atomic E-state index is 0.201. The Bertz CT molecular complexity index is 497. The van der Waals surface area contributed by atoms with E-state index in [0.717, 1.165) is 0 Å². The highest BCUT2D eigenvalue weighted by Gasteiger charge is 2.29. The molecule has 0 aromatic heterocycles. The topological polar surface area (TPSA) is 95.9 Å². The van der Waals surface area contributed by atoms with Crippen molar-refractivity contribution < 1.29 is 24.5 Å². The van der Waals surface area contributed by atoms with E-state index in [0.29, 0.717) is 5.56 Å². The second-order valence-electron chi connectivity index (χ2n) is 3.83. The number of ether oxygens (including phenoxy) is 1. The summed E-state index contributed by atoms with van der Waals surface area (Å²) in [5.74, 6) is -1.36. The zero-order valence-electron chi connectivity index (χ0n) is 9.06. The van der Waals surface area contributed by atoms with Crippen LogP contribution < -0.4 is 10.1 Å². The summed E-state index contributed by atoms with van der Waals surface area (Å²) in [6.07, 6.45) is 0.224. The molecule has 0 saturated carbocycles. The molecule has 3 N–H and O–H groups in total. The molecule has 1 heterocycles. The molecular weight excluding hydrogens is 226 g/mol. The number of amides is 1. The van der Waals surface area contributed by atoms with E-state index in [1.165, 1.54) is 19.1 Å². The first-order valence-electron chi connectivity index (χ1n) is 5.01. The second kappa shape index (κ2) is 3.97. The predicted molar refractivity (Wildman–Crippen MR) is 56.7 cm³/mol. The number of esters is 1. The zero-order valence-corrected chi connectivity index (χ0v) is 9.06. The molecule has 0 bridgehead atoms. The minimum atomic E-state index is -0.760. The molecule has 1 aromatic rings. The van der Waals surface area contributed by atoms with Crippen LogP contribution in [-0.4, -0.2) is 28.1 Å². The molecule has 0 radical (unpaired) electrons. The van der Waals surface area contributed by atoms with Crippen LogP contribution in [0.3, 0.4) is 0 Å². The molecule has 1 aliphatic rings. The first-order valence-corrected chi connectivity index (χ1v) is 5.01. The molecule has 0 fully saturated rings. The van der Waals surface area contributed by atoms with E-state index < -0.39 is 12.0 Å². The van der Waals surface area contributed by atoms with E-state index in [1.54, 1.807) is 0 Å². The number of carbonyl (C=O) groups excluding carboxylic acids is 2. The van der Waals surface area contributed by atoms with Gasteiger partial charge >= 0.3 is 5.97 Å². The summed E-state index contributed by atoms with van der Waals surface area (Å²) in [5.41, 5.74) is 0.554. The average Bonchev–Trinajstić information content (AvgIpc) is 2.22. The molecule has 0 spiro atoms. The van der Waals surface area contributed by atoms with Crippen molar-refractivity contribution in [3.05, 3.63) is 17.7 Å². The second-order valence-corrected chi connectivity index (χ2v) is 3.83. The van der Waals surface area contributed by atoms with Gasteiger partial charge in [0, 0.05) is 25.0 Å². The van der Waals surface area contributed by atoms with Crippen LogP contribution >= 0.6 is 0 Å². The lowest BCUT2D eigenvalue weighted by Crippen LogP contribution is -2.45. The van der Waals surface area contributed by atoms with Gasteiger partial charge < -0.3 is 20.3 Å². The number of aromatic hydroxyl groups is 2. The van der Waals surface area contributed by atoms with E-state index in [4.69, 9.17) is 4.74 Å². The van der Waals surface area contributed by atoms with Crippen molar-refractivity contribution >= 4 is 11.9 Å². The largest absolute Gasteiger partial charge is 0.504 e. The highest BCUT2D eigenvalue weighted by atomic mass is 16.5. The molecule has 1 unspecified atom stereocenters. The van der Waals surface area contributed by atoms with Crippen LogP contribution in [0, 0.1) is 0 Å². The number of phenolic OH excluding ortho intramolecular Hbond substituents is 2. The number of hydrogen-bond acceptors (Lipinski definition) is 5. The molecule has 17 heavy (non-hydrogen) atoms. The minimum Gasteiger partial charge on any atom is -0.504 e. The Balaban J connectivity index is 2.31. The van der Waals surface area contributed by atoms with Gasteiger partial charge in [0.1, 0.15) is 11.8 Å². The standard InChI is InChI=1S/C11H11NO5/c1-5(13)12-7-2-6-3-8(14)9(15)4-10(6)17-11(7)16/h3-4,7,14-15H,2H2,1H3,(H,12,13). The fraction of sp³-hybridized carbons (Fsp3) is 0.273. The van der Waals surface area contributed by atoms with Crippen LogP contribution in [0.15, 0.2) is 12.1 Å². The normalized spacial score (nSPS) is 18.2. The van der Waals surface area contributed by atoms with Crippen molar-refractivity contribution in [2.24, 2.45) is 0 Å². The van der Waals surface area contributed by atoms with E-state index in [-0.39, 0.29) is 29.6 Å². The first kappa shape index (κ1) is 11.3. The number of nitrogens with one attached hydrogen (secondary N) is 1. The van der Waals surface area contributed by atoms with Crippen molar-refractivity contribution in [1.82, 2.24) is 5.32 Å². The number of fused-ring (bicyclic) bond motifs is 1. The van der Waals surface area contributed by atoms with Gasteiger partial charge in [0.15, 0.2) is 11.5 Å². The van der Waals surface area contributed by atoms with E-state index >= 15 is 0 Å². The van der Waals surface area contributed by atoms with E-state index in [1.807, 2.05) is 0 Å². The number of rotatable bonds is 1. The fourth-order valence-electron chi connectivity index (χ4n) is 1.69. The van der Waals surface area contributed by atoms with Gasteiger partial charge in [0.05, 0.1) is 0 Å². The SMILES string of the molecule is CC(=O)NC1Cc2cc(O)c(O)cc2OC1=O. The smallest absolute Gasteiger partial charge is 0.334 e. The highest BCUT2D eigenvalue weighted by Crippen LogP contribution is 2.35.